The summed E-state index contributed by atoms with van der Waals surface area (Å²) in [6.45, 7) is 3.85. The molecule has 1 aromatic carbocycles. The van der Waals surface area contributed by atoms with Gasteiger partial charge in [0.2, 0.25) is 0 Å². The molecule has 0 aliphatic carbocycles. The average Bonchev–Trinajstić information content (AvgIpc) is 3.01. The molecule has 1 aliphatic heterocycles. The van der Waals surface area contributed by atoms with Gasteiger partial charge in [-0.15, -0.1) is 12.4 Å². The first kappa shape index (κ1) is 15.8. The van der Waals surface area contributed by atoms with Gasteiger partial charge in [0.1, 0.15) is 5.75 Å². The molecule has 1 unspecified atom stereocenters. The van der Waals surface area contributed by atoms with Crippen molar-refractivity contribution < 1.29 is 4.74 Å². The van der Waals surface area contributed by atoms with Crippen molar-refractivity contribution >= 4 is 12.4 Å². The lowest BCUT2D eigenvalue weighted by Gasteiger charge is -2.36. The Bertz CT molecular complexity index is 546. The minimum Gasteiger partial charge on any atom is -0.496 e. The van der Waals surface area contributed by atoms with Crippen LogP contribution >= 0.6 is 12.4 Å². The van der Waals surface area contributed by atoms with Crippen molar-refractivity contribution in [1.29, 1.82) is 0 Å². The van der Waals surface area contributed by atoms with E-state index in [9.17, 15) is 0 Å². The largest absolute Gasteiger partial charge is 0.496 e. The second-order valence-electron chi connectivity index (χ2n) is 5.01. The number of nitrogens with zero attached hydrogens (tertiary/aromatic N) is 2. The first-order valence-electron chi connectivity index (χ1n) is 6.94. The lowest BCUT2D eigenvalue weighted by atomic mass is 10.0. The molecule has 2 aromatic rings. The molecular weight excluding hydrogens is 288 g/mol. The lowest BCUT2D eigenvalue weighted by Crippen LogP contribution is -2.45. The molecule has 3 rings (SSSR count). The standard InChI is InChI=1S/C15H20N4O.ClH/c1-20-15-5-3-2-4-13(15)14-10-16-8-9-19(14)11-12-6-7-17-18-12;/h2-7,14,16H,8-11H2,1H3,(H,17,18);1H. The van der Waals surface area contributed by atoms with Gasteiger partial charge in [-0.25, -0.2) is 0 Å². The molecule has 1 fully saturated rings. The molecule has 1 aliphatic rings. The fourth-order valence-corrected chi connectivity index (χ4v) is 2.78. The number of rotatable bonds is 4. The number of benzene rings is 1. The van der Waals surface area contributed by atoms with Crippen LogP contribution in [0.1, 0.15) is 17.3 Å². The average molecular weight is 309 g/mol. The summed E-state index contributed by atoms with van der Waals surface area (Å²) < 4.78 is 5.51. The van der Waals surface area contributed by atoms with Crippen LogP contribution in [0.15, 0.2) is 36.5 Å². The van der Waals surface area contributed by atoms with Crippen molar-refractivity contribution in [2.24, 2.45) is 0 Å². The zero-order chi connectivity index (χ0) is 13.8. The smallest absolute Gasteiger partial charge is 0.123 e. The highest BCUT2D eigenvalue weighted by atomic mass is 35.5. The van der Waals surface area contributed by atoms with Crippen LogP contribution in [-0.2, 0) is 6.54 Å². The summed E-state index contributed by atoms with van der Waals surface area (Å²) >= 11 is 0. The molecule has 2 heterocycles. The molecule has 1 atom stereocenters. The molecule has 0 saturated carbocycles. The number of halogens is 1. The van der Waals surface area contributed by atoms with E-state index in [0.717, 1.165) is 37.6 Å². The van der Waals surface area contributed by atoms with Crippen LogP contribution in [-0.4, -0.2) is 41.8 Å². The summed E-state index contributed by atoms with van der Waals surface area (Å²) in [4.78, 5) is 2.46. The SMILES string of the molecule is COc1ccccc1C1CNCCN1Cc1ccn[nH]1.Cl. The second kappa shape index (κ2) is 7.45. The lowest BCUT2D eigenvalue weighted by molar-refractivity contribution is 0.149. The van der Waals surface area contributed by atoms with E-state index in [1.807, 2.05) is 18.2 Å². The first-order valence-corrected chi connectivity index (χ1v) is 6.94. The predicted octanol–water partition coefficient (Wildman–Crippen LogP) is 1.99. The molecule has 1 aromatic heterocycles. The number of para-hydroxylation sites is 1. The van der Waals surface area contributed by atoms with Gasteiger partial charge in [-0.2, -0.15) is 5.10 Å². The molecule has 6 heteroatoms. The molecule has 0 spiro atoms. The van der Waals surface area contributed by atoms with Crippen molar-refractivity contribution in [2.45, 2.75) is 12.6 Å². The number of nitrogens with one attached hydrogen (secondary N) is 2. The van der Waals surface area contributed by atoms with Crippen LogP contribution in [0.2, 0.25) is 0 Å². The highest BCUT2D eigenvalue weighted by molar-refractivity contribution is 5.85. The van der Waals surface area contributed by atoms with Crippen LogP contribution in [0.5, 0.6) is 5.75 Å². The number of hydrogen-bond acceptors (Lipinski definition) is 4. The fourth-order valence-electron chi connectivity index (χ4n) is 2.78. The molecule has 0 bridgehead atoms. The van der Waals surface area contributed by atoms with E-state index in [1.165, 1.54) is 5.56 Å². The van der Waals surface area contributed by atoms with Crippen molar-refractivity contribution in [1.82, 2.24) is 20.4 Å². The van der Waals surface area contributed by atoms with Gasteiger partial charge in [0.25, 0.3) is 0 Å². The third-order valence-corrected chi connectivity index (χ3v) is 3.78. The Kier molecular flexibility index (Phi) is 5.61. The normalized spacial score (nSPS) is 19.0. The van der Waals surface area contributed by atoms with E-state index >= 15 is 0 Å². The Morgan fingerprint density at radius 3 is 2.95 bits per heavy atom. The third-order valence-electron chi connectivity index (χ3n) is 3.78. The Morgan fingerprint density at radius 1 is 1.33 bits per heavy atom. The molecule has 1 saturated heterocycles. The van der Waals surface area contributed by atoms with Gasteiger partial charge < -0.3 is 10.1 Å². The summed E-state index contributed by atoms with van der Waals surface area (Å²) in [6.07, 6.45) is 1.80. The molecule has 114 valence electrons. The summed E-state index contributed by atoms with van der Waals surface area (Å²) in [5.74, 6) is 0.954. The van der Waals surface area contributed by atoms with Crippen molar-refractivity contribution in [3.8, 4) is 5.75 Å². The second-order valence-corrected chi connectivity index (χ2v) is 5.01. The maximum Gasteiger partial charge on any atom is 0.123 e. The quantitative estimate of drug-likeness (QED) is 0.907. The van der Waals surface area contributed by atoms with Crippen molar-refractivity contribution in [2.75, 3.05) is 26.7 Å². The van der Waals surface area contributed by atoms with Gasteiger partial charge in [-0.1, -0.05) is 18.2 Å². The predicted molar refractivity (Wildman–Crippen MR) is 84.9 cm³/mol. The monoisotopic (exact) mass is 308 g/mol. The van der Waals surface area contributed by atoms with Gasteiger partial charge >= 0.3 is 0 Å². The van der Waals surface area contributed by atoms with Crippen molar-refractivity contribution in [3.63, 3.8) is 0 Å². The maximum atomic E-state index is 5.51. The molecule has 0 amide bonds. The summed E-state index contributed by atoms with van der Waals surface area (Å²) in [5, 5.41) is 10.5. The number of H-pyrrole nitrogens is 1. The van der Waals surface area contributed by atoms with Crippen LogP contribution in [0.25, 0.3) is 0 Å². The summed E-state index contributed by atoms with van der Waals surface area (Å²) in [5.41, 5.74) is 2.38. The van der Waals surface area contributed by atoms with Crippen LogP contribution in [0.3, 0.4) is 0 Å². The topological polar surface area (TPSA) is 53.2 Å². The molecule has 21 heavy (non-hydrogen) atoms. The number of ether oxygens (including phenoxy) is 1. The molecule has 0 radical (unpaired) electrons. The van der Waals surface area contributed by atoms with Gasteiger partial charge in [0, 0.05) is 43.6 Å². The van der Waals surface area contributed by atoms with Crippen LogP contribution in [0, 0.1) is 0 Å². The number of aromatic amines is 1. The van der Waals surface area contributed by atoms with E-state index < -0.39 is 0 Å². The Balaban J connectivity index is 0.00000161. The van der Waals surface area contributed by atoms with E-state index in [1.54, 1.807) is 13.3 Å². The Hall–Kier alpha value is -1.56. The summed E-state index contributed by atoms with van der Waals surface area (Å²) in [6, 6.07) is 10.6. The minimum atomic E-state index is 0. The zero-order valence-corrected chi connectivity index (χ0v) is 12.9. The maximum absolute atomic E-state index is 5.51. The minimum absolute atomic E-state index is 0. The van der Waals surface area contributed by atoms with Gasteiger partial charge in [-0.05, 0) is 12.1 Å². The first-order chi connectivity index (χ1) is 9.88. The fraction of sp³-hybridized carbons (Fsp3) is 0.400. The third kappa shape index (κ3) is 3.56. The zero-order valence-electron chi connectivity index (χ0n) is 12.1. The van der Waals surface area contributed by atoms with E-state index in [0.29, 0.717) is 6.04 Å². The van der Waals surface area contributed by atoms with Gasteiger partial charge in [-0.3, -0.25) is 10.00 Å². The number of hydrogen-bond donors (Lipinski definition) is 2. The van der Waals surface area contributed by atoms with Gasteiger partial charge in [0.15, 0.2) is 0 Å². The Morgan fingerprint density at radius 2 is 2.19 bits per heavy atom. The van der Waals surface area contributed by atoms with E-state index in [-0.39, 0.29) is 12.4 Å². The highest BCUT2D eigenvalue weighted by Crippen LogP contribution is 2.30. The highest BCUT2D eigenvalue weighted by Gasteiger charge is 2.26. The summed E-state index contributed by atoms with van der Waals surface area (Å²) in [7, 11) is 1.73. The van der Waals surface area contributed by atoms with Crippen molar-refractivity contribution in [3.05, 3.63) is 47.8 Å². The number of aromatic nitrogens is 2. The van der Waals surface area contributed by atoms with E-state index in [4.69, 9.17) is 4.74 Å². The number of piperazine rings is 1. The van der Waals surface area contributed by atoms with Gasteiger partial charge in [0.05, 0.1) is 13.2 Å². The van der Waals surface area contributed by atoms with E-state index in [2.05, 4.69) is 32.5 Å². The molecular formula is C15H21ClN4O. The number of methoxy groups -OCH3 is 1. The van der Waals surface area contributed by atoms with Crippen LogP contribution in [0.4, 0.5) is 0 Å². The Labute approximate surface area is 131 Å². The molecule has 2 N–H and O–H groups in total. The van der Waals surface area contributed by atoms with Crippen LogP contribution < -0.4 is 10.1 Å². The molecule has 5 nitrogen and oxygen atoms in total.